The Kier molecular flexibility index (Phi) is 23.5. The molecule has 14 nitrogen and oxygen atoms in total. The van der Waals surface area contributed by atoms with Crippen molar-refractivity contribution in [1.29, 1.82) is 0 Å². The number of benzene rings is 2. The van der Waals surface area contributed by atoms with Crippen molar-refractivity contribution in [2.45, 2.75) is 77.0 Å². The van der Waals surface area contributed by atoms with E-state index in [4.69, 9.17) is 16.2 Å². The molecule has 0 fully saturated rings. The number of nitrogens with two attached hydrogens (primary N) is 2. The number of aromatic nitrogens is 1. The normalized spacial score (nSPS) is 18.1. The van der Waals surface area contributed by atoms with Gasteiger partial charge in [0.2, 0.25) is 29.4 Å². The summed E-state index contributed by atoms with van der Waals surface area (Å²) in [6.07, 6.45) is 4.57. The van der Waals surface area contributed by atoms with Gasteiger partial charge in [0, 0.05) is 19.9 Å². The molecule has 3 aromatic rings. The Balaban J connectivity index is 0.00000729. The molecule has 304 valence electrons. The molecular formula is C36H54N8O6S5. The Bertz CT molecular complexity index is 1740. The minimum atomic E-state index is -1.14. The fourth-order valence-corrected chi connectivity index (χ4v) is 6.47. The number of aliphatic imine (C=N–C) groups is 1. The van der Waals surface area contributed by atoms with E-state index in [1.54, 1.807) is 36.4 Å². The molecule has 2 bridgehead atoms. The average molecular weight is 855 g/mol. The van der Waals surface area contributed by atoms with Gasteiger partial charge < -0.3 is 37.5 Å². The van der Waals surface area contributed by atoms with Crippen molar-refractivity contribution < 1.29 is 28.7 Å². The number of ketones is 1. The van der Waals surface area contributed by atoms with Crippen LogP contribution in [0.3, 0.4) is 0 Å². The molecule has 19 heteroatoms. The van der Waals surface area contributed by atoms with Gasteiger partial charge in [0.25, 0.3) is 0 Å². The van der Waals surface area contributed by atoms with Gasteiger partial charge in [-0.1, -0.05) is 50.3 Å². The molecular weight excluding hydrogens is 801 g/mol. The summed E-state index contributed by atoms with van der Waals surface area (Å²) in [4.78, 5) is 75.8. The number of guanidine groups is 1. The summed E-state index contributed by atoms with van der Waals surface area (Å²) < 4.78 is 6.62. The van der Waals surface area contributed by atoms with E-state index in [0.29, 0.717) is 17.7 Å². The largest absolute Gasteiger partial charge is 0.490 e. The second-order valence-electron chi connectivity index (χ2n) is 12.7. The first-order valence-electron chi connectivity index (χ1n) is 16.9. The lowest BCUT2D eigenvalue weighted by molar-refractivity contribution is -0.133. The lowest BCUT2D eigenvalue weighted by atomic mass is 9.99. The van der Waals surface area contributed by atoms with Crippen molar-refractivity contribution in [2.24, 2.45) is 22.4 Å². The van der Waals surface area contributed by atoms with Gasteiger partial charge in [-0.2, -0.15) is 54.0 Å². The third kappa shape index (κ3) is 16.4. The molecule has 2 aliphatic heterocycles. The first-order valence-corrected chi connectivity index (χ1v) is 17.7. The number of para-hydroxylation sites is 1. The number of carbonyl (C=O) groups excluding carboxylic acids is 5. The molecule has 5 rings (SSSR count). The predicted molar refractivity (Wildman–Crippen MR) is 238 cm³/mol. The molecule has 0 unspecified atom stereocenters. The van der Waals surface area contributed by atoms with Crippen LogP contribution in [0.2, 0.25) is 0 Å². The second-order valence-corrected chi connectivity index (χ2v) is 13.8. The number of amides is 4. The molecule has 3 heterocycles. The third-order valence-corrected chi connectivity index (χ3v) is 9.05. The number of Topliss-reactive ketones (excluding diaryl/α,β-unsaturated/α-hetero) is 1. The van der Waals surface area contributed by atoms with Crippen LogP contribution in [0.4, 0.5) is 0 Å². The standard InChI is InChI=1S/C36H46N8O6S.4H2S/c1-21(2)19-28-33(48)43-29(20-23-13-15-24(16-14-23)50-18-7-6-10-27(32(47)42-28)40-22(3)45)34(49)41-26(11-8-17-39-36(37)38)31(46)35-44-25-9-4-5-12-30(25)51-35;;;;/h4-7,9,12-16,21,26-29H,8,10-11,17-20H2,1-3H3,(H,40,45)(H,41,49)(H,42,47)(H,43,48)(H4,37,38,39);4*1H2/b7-6-;;;;/t26-,27-,28-,29-;;;;/m0..../s1. The van der Waals surface area contributed by atoms with Gasteiger partial charge >= 0.3 is 0 Å². The second kappa shape index (κ2) is 25.3. The summed E-state index contributed by atoms with van der Waals surface area (Å²) in [6, 6.07) is 10.4. The Labute approximate surface area is 353 Å². The molecule has 0 saturated carbocycles. The molecule has 2 aromatic carbocycles. The fourth-order valence-electron chi connectivity index (χ4n) is 5.51. The van der Waals surface area contributed by atoms with E-state index < -0.39 is 47.8 Å². The van der Waals surface area contributed by atoms with Crippen LogP contribution in [-0.4, -0.2) is 77.7 Å². The molecule has 0 aliphatic carbocycles. The quantitative estimate of drug-likeness (QED) is 0.0548. The molecule has 0 spiro atoms. The van der Waals surface area contributed by atoms with Gasteiger partial charge in [0.05, 0.1) is 16.3 Å². The topological polar surface area (TPSA) is 220 Å². The monoisotopic (exact) mass is 854 g/mol. The van der Waals surface area contributed by atoms with E-state index in [2.05, 4.69) is 31.2 Å². The number of nitrogens with one attached hydrogen (secondary N) is 4. The first kappa shape index (κ1) is 51.1. The minimum absolute atomic E-state index is 0. The summed E-state index contributed by atoms with van der Waals surface area (Å²) in [6.45, 7) is 5.58. The lowest BCUT2D eigenvalue weighted by Gasteiger charge is -2.27. The van der Waals surface area contributed by atoms with Gasteiger partial charge in [-0.3, -0.25) is 29.0 Å². The first-order chi connectivity index (χ1) is 24.4. The average Bonchev–Trinajstić information content (AvgIpc) is 3.52. The number of thiazole rings is 1. The zero-order chi connectivity index (χ0) is 36.9. The zero-order valence-electron chi connectivity index (χ0n) is 31.0. The minimum Gasteiger partial charge on any atom is -0.490 e. The Morgan fingerprint density at radius 1 is 0.982 bits per heavy atom. The van der Waals surface area contributed by atoms with Crippen molar-refractivity contribution in [2.75, 3.05) is 13.2 Å². The summed E-state index contributed by atoms with van der Waals surface area (Å²) in [5, 5.41) is 11.4. The van der Waals surface area contributed by atoms with Crippen LogP contribution in [0.1, 0.15) is 61.8 Å². The van der Waals surface area contributed by atoms with Gasteiger partial charge in [-0.25, -0.2) is 4.98 Å². The molecule has 55 heavy (non-hydrogen) atoms. The van der Waals surface area contributed by atoms with Crippen LogP contribution in [0.25, 0.3) is 10.2 Å². The Morgan fingerprint density at radius 3 is 2.31 bits per heavy atom. The SMILES string of the molecule is CC(=O)N[C@H]1C/C=C\COc2ccc(cc2)C[C@@H](C(=O)N[C@@H](CCCN=C(N)N)C(=O)c2nc3ccccc3s2)NC(=O)[C@H](CC(C)C)NC1=O.S.S.S.S. The maximum atomic E-state index is 14.1. The van der Waals surface area contributed by atoms with Gasteiger partial charge in [0.1, 0.15) is 30.5 Å². The van der Waals surface area contributed by atoms with Crippen molar-refractivity contribution in [1.82, 2.24) is 26.3 Å². The highest BCUT2D eigenvalue weighted by Crippen LogP contribution is 2.23. The number of rotatable bonds is 11. The van der Waals surface area contributed by atoms with E-state index in [1.165, 1.54) is 18.3 Å². The molecule has 4 atom stereocenters. The van der Waals surface area contributed by atoms with Crippen molar-refractivity contribution in [3.63, 3.8) is 0 Å². The highest BCUT2D eigenvalue weighted by molar-refractivity contribution is 7.59. The zero-order valence-corrected chi connectivity index (χ0v) is 35.8. The summed E-state index contributed by atoms with van der Waals surface area (Å²) >= 11 is 1.23. The van der Waals surface area contributed by atoms with Crippen molar-refractivity contribution in [3.8, 4) is 5.75 Å². The number of hydrogen-bond acceptors (Lipinski definition) is 9. The van der Waals surface area contributed by atoms with Crippen LogP contribution in [-0.2, 0) is 25.6 Å². The summed E-state index contributed by atoms with van der Waals surface area (Å²) in [5.41, 5.74) is 12.4. The number of nitrogens with zero attached hydrogens (tertiary/aromatic N) is 2. The van der Waals surface area contributed by atoms with Crippen LogP contribution in [0.5, 0.6) is 5.75 Å². The Hall–Kier alpha value is -3.91. The number of fused-ring (bicyclic) bond motifs is 14. The van der Waals surface area contributed by atoms with Crippen LogP contribution in [0, 0.1) is 5.92 Å². The maximum absolute atomic E-state index is 14.1. The van der Waals surface area contributed by atoms with E-state index in [0.717, 1.165) is 10.3 Å². The van der Waals surface area contributed by atoms with E-state index >= 15 is 0 Å². The van der Waals surface area contributed by atoms with E-state index in [1.807, 2.05) is 38.1 Å². The summed E-state index contributed by atoms with van der Waals surface area (Å²) in [5.74, 6) is -2.03. The van der Waals surface area contributed by atoms with Crippen LogP contribution in [0.15, 0.2) is 65.7 Å². The smallest absolute Gasteiger partial charge is 0.243 e. The molecule has 4 amide bonds. The molecule has 2 aliphatic rings. The molecule has 1 aromatic heterocycles. The number of hydrogen-bond donors (Lipinski definition) is 6. The maximum Gasteiger partial charge on any atom is 0.243 e. The number of carbonyl (C=O) groups is 5. The van der Waals surface area contributed by atoms with Gasteiger partial charge in [-0.15, -0.1) is 11.3 Å². The molecule has 0 saturated heterocycles. The fraction of sp³-hybridized carbons (Fsp3) is 0.417. The van der Waals surface area contributed by atoms with Gasteiger partial charge in [0.15, 0.2) is 11.0 Å². The molecule has 0 radical (unpaired) electrons. The summed E-state index contributed by atoms with van der Waals surface area (Å²) in [7, 11) is 0. The van der Waals surface area contributed by atoms with Crippen LogP contribution >= 0.6 is 65.3 Å². The predicted octanol–water partition coefficient (Wildman–Crippen LogP) is 2.57. The van der Waals surface area contributed by atoms with E-state index in [-0.39, 0.29) is 115 Å². The van der Waals surface area contributed by atoms with Crippen molar-refractivity contribution >= 4 is 111 Å². The number of ether oxygens (including phenoxy) is 1. The highest BCUT2D eigenvalue weighted by atomic mass is 32.1. The van der Waals surface area contributed by atoms with Crippen molar-refractivity contribution in [3.05, 3.63) is 71.3 Å². The van der Waals surface area contributed by atoms with Crippen LogP contribution < -0.4 is 37.5 Å². The Morgan fingerprint density at radius 2 is 1.67 bits per heavy atom. The lowest BCUT2D eigenvalue weighted by Crippen LogP contribution is -2.58. The van der Waals surface area contributed by atoms with E-state index in [9.17, 15) is 24.0 Å². The highest BCUT2D eigenvalue weighted by Gasteiger charge is 2.32. The third-order valence-electron chi connectivity index (χ3n) is 8.00. The van der Waals surface area contributed by atoms with Gasteiger partial charge in [-0.05, 0) is 61.4 Å². The molecule has 8 N–H and O–H groups in total.